The molecule has 0 aromatic carbocycles. The number of hydrogen-bond donors (Lipinski definition) is 1. The molecule has 1 amide bonds. The maximum absolute atomic E-state index is 12.4. The minimum atomic E-state index is 0.252. The van der Waals surface area contributed by atoms with Gasteiger partial charge in [0.15, 0.2) is 0 Å². The Kier molecular flexibility index (Phi) is 4.05. The summed E-state index contributed by atoms with van der Waals surface area (Å²) in [6, 6.07) is 0.396. The Labute approximate surface area is 135 Å². The van der Waals surface area contributed by atoms with E-state index in [9.17, 15) is 4.79 Å². The Morgan fingerprint density at radius 2 is 1.95 bits per heavy atom. The summed E-state index contributed by atoms with van der Waals surface area (Å²) in [5, 5.41) is 3.37. The summed E-state index contributed by atoms with van der Waals surface area (Å²) in [6.45, 7) is 11.8. The van der Waals surface area contributed by atoms with Crippen LogP contribution in [0.3, 0.4) is 0 Å². The van der Waals surface area contributed by atoms with Crippen LogP contribution in [0.1, 0.15) is 46.5 Å². The van der Waals surface area contributed by atoms with Crippen molar-refractivity contribution in [1.82, 2.24) is 5.32 Å². The first-order chi connectivity index (χ1) is 10.2. The van der Waals surface area contributed by atoms with Crippen LogP contribution in [0.5, 0.6) is 0 Å². The van der Waals surface area contributed by atoms with Crippen molar-refractivity contribution >= 4 is 5.91 Å². The Balaban J connectivity index is 1.49. The van der Waals surface area contributed by atoms with Gasteiger partial charge in [-0.15, -0.1) is 0 Å². The minimum absolute atomic E-state index is 0.252. The van der Waals surface area contributed by atoms with Crippen molar-refractivity contribution in [3.05, 3.63) is 0 Å². The van der Waals surface area contributed by atoms with Gasteiger partial charge in [0.2, 0.25) is 5.91 Å². The molecule has 1 saturated heterocycles. The third kappa shape index (κ3) is 3.05. The van der Waals surface area contributed by atoms with Gasteiger partial charge in [-0.05, 0) is 36.0 Å². The summed E-state index contributed by atoms with van der Waals surface area (Å²) in [6.07, 6.45) is 4.36. The number of hydrogen-bond acceptors (Lipinski definition) is 2. The molecule has 2 bridgehead atoms. The first kappa shape index (κ1) is 16.3. The second kappa shape index (κ2) is 5.48. The van der Waals surface area contributed by atoms with Crippen LogP contribution in [0, 0.1) is 16.7 Å². The van der Waals surface area contributed by atoms with Crippen LogP contribution in [0.4, 0.5) is 0 Å². The molecule has 4 nitrogen and oxygen atoms in total. The lowest BCUT2D eigenvalue weighted by atomic mass is 9.70. The van der Waals surface area contributed by atoms with E-state index in [0.717, 1.165) is 43.2 Å². The predicted octanol–water partition coefficient (Wildman–Crippen LogP) is 2.18. The average Bonchev–Trinajstić information content (AvgIpc) is 2.86. The van der Waals surface area contributed by atoms with Gasteiger partial charge < -0.3 is 14.5 Å². The van der Waals surface area contributed by atoms with Crippen LogP contribution < -0.4 is 5.32 Å². The summed E-state index contributed by atoms with van der Waals surface area (Å²) in [5.74, 6) is 1.04. The van der Waals surface area contributed by atoms with Crippen molar-refractivity contribution in [3.63, 3.8) is 0 Å². The lowest BCUT2D eigenvalue weighted by Gasteiger charge is -2.40. The molecule has 1 N–H and O–H groups in total. The minimum Gasteiger partial charge on any atom is -0.370 e. The predicted molar refractivity (Wildman–Crippen MR) is 87.4 cm³/mol. The molecule has 3 fully saturated rings. The summed E-state index contributed by atoms with van der Waals surface area (Å²) in [5.41, 5.74) is 0.781. The quantitative estimate of drug-likeness (QED) is 0.809. The van der Waals surface area contributed by atoms with Gasteiger partial charge in [-0.25, -0.2) is 0 Å². The molecule has 1 aliphatic heterocycles. The fourth-order valence-electron chi connectivity index (χ4n) is 5.21. The van der Waals surface area contributed by atoms with E-state index in [1.165, 1.54) is 19.3 Å². The van der Waals surface area contributed by atoms with E-state index in [1.54, 1.807) is 0 Å². The summed E-state index contributed by atoms with van der Waals surface area (Å²) < 4.78 is 6.41. The van der Waals surface area contributed by atoms with Gasteiger partial charge in [0.05, 0.1) is 33.2 Å². The third-order valence-electron chi connectivity index (χ3n) is 6.80. The largest absolute Gasteiger partial charge is 0.370 e. The number of ether oxygens (including phenoxy) is 1. The van der Waals surface area contributed by atoms with E-state index in [2.05, 4.69) is 33.1 Å². The molecule has 0 radical (unpaired) electrons. The van der Waals surface area contributed by atoms with E-state index in [-0.39, 0.29) is 5.91 Å². The maximum atomic E-state index is 12.4. The number of fused-ring (bicyclic) bond motifs is 2. The van der Waals surface area contributed by atoms with E-state index < -0.39 is 0 Å². The Hall–Kier alpha value is -0.610. The summed E-state index contributed by atoms with van der Waals surface area (Å²) in [7, 11) is 2.25. The molecule has 0 aromatic heterocycles. The third-order valence-corrected chi connectivity index (χ3v) is 6.80. The van der Waals surface area contributed by atoms with Gasteiger partial charge in [-0.1, -0.05) is 20.8 Å². The van der Waals surface area contributed by atoms with Crippen molar-refractivity contribution in [2.45, 2.75) is 52.5 Å². The second-order valence-electron chi connectivity index (χ2n) is 9.23. The van der Waals surface area contributed by atoms with Crippen molar-refractivity contribution in [1.29, 1.82) is 0 Å². The van der Waals surface area contributed by atoms with Crippen molar-refractivity contribution in [2.24, 2.45) is 16.7 Å². The van der Waals surface area contributed by atoms with Crippen LogP contribution in [-0.4, -0.2) is 56.3 Å². The molecule has 3 rings (SSSR count). The monoisotopic (exact) mass is 309 g/mol. The highest BCUT2D eigenvalue weighted by Gasteiger charge is 2.57. The number of amides is 1. The zero-order chi connectivity index (χ0) is 16.0. The number of nitrogens with zero attached hydrogens (tertiary/aromatic N) is 1. The second-order valence-corrected chi connectivity index (χ2v) is 9.23. The summed E-state index contributed by atoms with van der Waals surface area (Å²) in [4.78, 5) is 12.4. The van der Waals surface area contributed by atoms with Crippen LogP contribution in [0.15, 0.2) is 0 Å². The fraction of sp³-hybridized carbons (Fsp3) is 0.944. The molecule has 22 heavy (non-hydrogen) atoms. The maximum Gasteiger partial charge on any atom is 0.225 e. The molecular formula is C18H33N2O2+. The van der Waals surface area contributed by atoms with Crippen molar-refractivity contribution in [3.8, 4) is 0 Å². The Morgan fingerprint density at radius 1 is 1.27 bits per heavy atom. The molecule has 126 valence electrons. The van der Waals surface area contributed by atoms with E-state index in [4.69, 9.17) is 4.74 Å². The molecule has 2 saturated carbocycles. The lowest BCUT2D eigenvalue weighted by molar-refractivity contribution is -0.916. The van der Waals surface area contributed by atoms with Crippen LogP contribution in [0.25, 0.3) is 0 Å². The molecular weight excluding hydrogens is 276 g/mol. The molecule has 2 aliphatic carbocycles. The van der Waals surface area contributed by atoms with Gasteiger partial charge >= 0.3 is 0 Å². The zero-order valence-electron chi connectivity index (χ0n) is 14.8. The van der Waals surface area contributed by atoms with Gasteiger partial charge in [-0.2, -0.15) is 0 Å². The highest BCUT2D eigenvalue weighted by Crippen LogP contribution is 2.62. The molecule has 0 spiro atoms. The SMILES string of the molecule is CC1(C)C[C@@]2(C)C[C@@H]1C[C@@H]2NC(=O)CC[N+]1(C)CCOCC1. The van der Waals surface area contributed by atoms with Crippen molar-refractivity contribution in [2.75, 3.05) is 39.9 Å². The van der Waals surface area contributed by atoms with Crippen LogP contribution >= 0.6 is 0 Å². The molecule has 3 atom stereocenters. The smallest absolute Gasteiger partial charge is 0.225 e. The summed E-state index contributed by atoms with van der Waals surface area (Å²) >= 11 is 0. The number of carbonyl (C=O) groups excluding carboxylic acids is 1. The van der Waals surface area contributed by atoms with Gasteiger partial charge in [0, 0.05) is 6.04 Å². The molecule has 0 unspecified atom stereocenters. The molecule has 3 aliphatic rings. The Bertz CT molecular complexity index is 442. The molecule has 4 heteroatoms. The highest BCUT2D eigenvalue weighted by molar-refractivity contribution is 5.76. The molecule has 0 aromatic rings. The normalized spacial score (nSPS) is 38.9. The molecule has 1 heterocycles. The Morgan fingerprint density at radius 3 is 2.50 bits per heavy atom. The first-order valence-corrected chi connectivity index (χ1v) is 8.93. The van der Waals surface area contributed by atoms with Gasteiger partial charge in [0.1, 0.15) is 13.1 Å². The highest BCUT2D eigenvalue weighted by atomic mass is 16.5. The van der Waals surface area contributed by atoms with Crippen LogP contribution in [-0.2, 0) is 9.53 Å². The number of nitrogens with one attached hydrogen (secondary N) is 1. The number of morpholine rings is 1. The lowest BCUT2D eigenvalue weighted by Crippen LogP contribution is -2.54. The first-order valence-electron chi connectivity index (χ1n) is 8.93. The fourth-order valence-corrected chi connectivity index (χ4v) is 5.21. The zero-order valence-corrected chi connectivity index (χ0v) is 14.8. The number of carbonyl (C=O) groups is 1. The average molecular weight is 309 g/mol. The van der Waals surface area contributed by atoms with Crippen molar-refractivity contribution < 1.29 is 14.0 Å². The number of rotatable bonds is 4. The van der Waals surface area contributed by atoms with E-state index in [0.29, 0.717) is 23.3 Å². The van der Waals surface area contributed by atoms with Crippen LogP contribution in [0.2, 0.25) is 0 Å². The van der Waals surface area contributed by atoms with E-state index in [1.807, 2.05) is 0 Å². The number of likely N-dealkylation sites (N-methyl/N-ethyl adjacent to an activating group) is 1. The topological polar surface area (TPSA) is 38.3 Å². The van der Waals surface area contributed by atoms with Gasteiger partial charge in [0.25, 0.3) is 0 Å². The van der Waals surface area contributed by atoms with Gasteiger partial charge in [-0.3, -0.25) is 4.79 Å². The number of quaternary nitrogens is 1. The van der Waals surface area contributed by atoms with E-state index >= 15 is 0 Å². The standard InChI is InChI=1S/C18H32N2O2/c1-17(2)13-18(3)12-14(17)11-15(18)19-16(21)5-6-20(4)7-9-22-10-8-20/h14-15H,5-13H2,1-4H3/p+1/t14-,15-,18+/m0/s1.